The molecule has 3 aromatic carbocycles. The molecule has 2 atom stereocenters. The lowest BCUT2D eigenvalue weighted by Crippen LogP contribution is -2.29. The van der Waals surface area contributed by atoms with Crippen molar-refractivity contribution < 1.29 is 14.3 Å². The summed E-state index contributed by atoms with van der Waals surface area (Å²) in [5, 5.41) is 0. The Hall–Kier alpha value is -2.98. The molecule has 2 aliphatic rings. The summed E-state index contributed by atoms with van der Waals surface area (Å²) < 4.78 is 12.0. The third-order valence-corrected chi connectivity index (χ3v) is 9.60. The minimum Gasteiger partial charge on any atom is -0.481 e. The van der Waals surface area contributed by atoms with E-state index in [9.17, 15) is 4.79 Å². The molecule has 0 bridgehead atoms. The van der Waals surface area contributed by atoms with Gasteiger partial charge < -0.3 is 9.47 Å². The molecule has 5 rings (SSSR count). The Labute approximate surface area is 205 Å². The Bertz CT molecular complexity index is 1300. The van der Waals surface area contributed by atoms with Crippen LogP contribution in [-0.4, -0.2) is 12.6 Å². The quantitative estimate of drug-likeness (QED) is 0.315. The summed E-state index contributed by atoms with van der Waals surface area (Å²) in [6.45, 7) is 10.4. The monoisotopic (exact) mass is 472 g/mol. The van der Waals surface area contributed by atoms with Gasteiger partial charge >= 0.3 is 5.97 Å². The molecule has 0 radical (unpaired) electrons. The molecular formula is C30H32O3S. The van der Waals surface area contributed by atoms with Gasteiger partial charge in [0.15, 0.2) is 6.61 Å². The maximum absolute atomic E-state index is 12.8. The molecule has 1 aliphatic carbocycles. The molecule has 0 saturated carbocycles. The Balaban J connectivity index is 1.31. The van der Waals surface area contributed by atoms with Crippen LogP contribution in [0.15, 0.2) is 69.3 Å². The number of hydrogen-bond donors (Lipinski definition) is 1. The third kappa shape index (κ3) is 3.94. The molecule has 4 heteroatoms. The maximum atomic E-state index is 12.8. The average Bonchev–Trinajstić information content (AvgIpc) is 3.30. The number of fused-ring (bicyclic) bond motifs is 2. The van der Waals surface area contributed by atoms with Crippen molar-refractivity contribution in [1.82, 2.24) is 0 Å². The fourth-order valence-electron chi connectivity index (χ4n) is 5.47. The van der Waals surface area contributed by atoms with E-state index in [1.807, 2.05) is 13.0 Å². The van der Waals surface area contributed by atoms with E-state index in [2.05, 4.69) is 82.3 Å². The molecule has 0 aromatic heterocycles. The standard InChI is InChI=1S/C30H32O3S/c1-19-9-8-11-26-25(19)13-14-30(26,5)33-28(31)18-32-29-20(2)15-24(16-21(29)3)34-22(4)17-23-10-6-7-12-27(23)34/h6-12,15-17,34H,13-14,18H2,1-5H3. The Morgan fingerprint density at radius 2 is 1.71 bits per heavy atom. The SMILES string of the molecule is CC1=Cc2ccccc2[SH]1c1cc(C)c(OCC(=O)OC2(C)CCc3c(C)cccc32)c(C)c1. The van der Waals surface area contributed by atoms with Gasteiger partial charge in [-0.25, -0.2) is 4.79 Å². The average molecular weight is 473 g/mol. The number of carbonyl (C=O) groups is 1. The number of benzene rings is 3. The van der Waals surface area contributed by atoms with E-state index in [-0.39, 0.29) is 12.6 Å². The molecule has 34 heavy (non-hydrogen) atoms. The van der Waals surface area contributed by atoms with Gasteiger partial charge in [0, 0.05) is 4.90 Å². The van der Waals surface area contributed by atoms with E-state index in [1.165, 1.54) is 31.4 Å². The zero-order chi connectivity index (χ0) is 24.0. The molecule has 176 valence electrons. The van der Waals surface area contributed by atoms with Crippen LogP contribution in [0.4, 0.5) is 0 Å². The number of ether oxygens (including phenoxy) is 2. The van der Waals surface area contributed by atoms with Gasteiger partial charge in [0.25, 0.3) is 0 Å². The van der Waals surface area contributed by atoms with Crippen molar-refractivity contribution in [2.75, 3.05) is 6.61 Å². The van der Waals surface area contributed by atoms with Crippen LogP contribution in [0.5, 0.6) is 5.75 Å². The maximum Gasteiger partial charge on any atom is 0.345 e. The van der Waals surface area contributed by atoms with Crippen LogP contribution in [0.2, 0.25) is 0 Å². The number of hydrogen-bond acceptors (Lipinski definition) is 3. The van der Waals surface area contributed by atoms with Crippen molar-refractivity contribution in [3.63, 3.8) is 0 Å². The zero-order valence-corrected chi connectivity index (χ0v) is 21.5. The first-order valence-electron chi connectivity index (χ1n) is 11.9. The molecule has 3 nitrogen and oxygen atoms in total. The smallest absolute Gasteiger partial charge is 0.345 e. The number of allylic oxidation sites excluding steroid dienone is 1. The predicted octanol–water partition coefficient (Wildman–Crippen LogP) is 7.19. The van der Waals surface area contributed by atoms with Crippen LogP contribution in [0.25, 0.3) is 6.08 Å². The van der Waals surface area contributed by atoms with E-state index < -0.39 is 16.5 Å². The van der Waals surface area contributed by atoms with E-state index in [0.29, 0.717) is 0 Å². The van der Waals surface area contributed by atoms with Crippen LogP contribution in [0.1, 0.15) is 53.6 Å². The summed E-state index contributed by atoms with van der Waals surface area (Å²) in [6.07, 6.45) is 4.05. The summed E-state index contributed by atoms with van der Waals surface area (Å²) in [7, 11) is -0.513. The van der Waals surface area contributed by atoms with Crippen molar-refractivity contribution in [1.29, 1.82) is 0 Å². The largest absolute Gasteiger partial charge is 0.481 e. The second kappa shape index (κ2) is 8.66. The van der Waals surface area contributed by atoms with Crippen LogP contribution >= 0.6 is 10.9 Å². The van der Waals surface area contributed by atoms with Gasteiger partial charge in [0.05, 0.1) is 0 Å². The number of carbonyl (C=O) groups excluding carboxylic acids is 1. The summed E-state index contributed by atoms with van der Waals surface area (Å²) in [5.41, 5.74) is 6.53. The lowest BCUT2D eigenvalue weighted by atomic mass is 9.96. The summed E-state index contributed by atoms with van der Waals surface area (Å²) in [4.78, 5) is 16.9. The second-order valence-corrected chi connectivity index (χ2v) is 12.1. The predicted molar refractivity (Wildman–Crippen MR) is 140 cm³/mol. The van der Waals surface area contributed by atoms with Crippen molar-refractivity contribution in [3.05, 3.63) is 92.9 Å². The highest BCUT2D eigenvalue weighted by atomic mass is 32.2. The Morgan fingerprint density at radius 3 is 2.47 bits per heavy atom. The van der Waals surface area contributed by atoms with Gasteiger partial charge in [-0.3, -0.25) is 0 Å². The molecular weight excluding hydrogens is 440 g/mol. The first-order valence-corrected chi connectivity index (χ1v) is 13.2. The summed E-state index contributed by atoms with van der Waals surface area (Å²) in [6, 6.07) is 19.3. The Kier molecular flexibility index (Phi) is 5.81. The van der Waals surface area contributed by atoms with Gasteiger partial charge in [-0.05, 0) is 115 Å². The lowest BCUT2D eigenvalue weighted by molar-refractivity contribution is -0.161. The highest BCUT2D eigenvalue weighted by Gasteiger charge is 2.38. The van der Waals surface area contributed by atoms with E-state index in [4.69, 9.17) is 9.47 Å². The van der Waals surface area contributed by atoms with Crippen LogP contribution in [0, 0.1) is 20.8 Å². The minimum absolute atomic E-state index is 0.0890. The Morgan fingerprint density at radius 1 is 0.971 bits per heavy atom. The molecule has 0 amide bonds. The van der Waals surface area contributed by atoms with Crippen LogP contribution in [-0.2, 0) is 21.6 Å². The summed E-state index contributed by atoms with van der Waals surface area (Å²) >= 11 is 0. The first kappa shape index (κ1) is 22.8. The molecule has 0 fully saturated rings. The fraction of sp³-hybridized carbons (Fsp3) is 0.300. The van der Waals surface area contributed by atoms with Gasteiger partial charge in [-0.2, -0.15) is 10.9 Å². The normalized spacial score (nSPS) is 21.6. The number of thiol groups is 1. The second-order valence-electron chi connectivity index (χ2n) is 9.68. The van der Waals surface area contributed by atoms with Crippen molar-refractivity contribution >= 4 is 22.9 Å². The number of esters is 1. The first-order chi connectivity index (χ1) is 16.3. The van der Waals surface area contributed by atoms with E-state index in [0.717, 1.165) is 35.3 Å². The molecule has 0 N–H and O–H groups in total. The molecule has 1 heterocycles. The summed E-state index contributed by atoms with van der Waals surface area (Å²) in [5.74, 6) is 0.449. The topological polar surface area (TPSA) is 35.5 Å². The molecule has 2 unspecified atom stereocenters. The van der Waals surface area contributed by atoms with Crippen molar-refractivity contribution in [2.24, 2.45) is 0 Å². The van der Waals surface area contributed by atoms with Gasteiger partial charge in [-0.15, -0.1) is 0 Å². The van der Waals surface area contributed by atoms with E-state index in [1.54, 1.807) is 0 Å². The van der Waals surface area contributed by atoms with Crippen LogP contribution in [0.3, 0.4) is 0 Å². The van der Waals surface area contributed by atoms with Gasteiger partial charge in [0.2, 0.25) is 0 Å². The van der Waals surface area contributed by atoms with Crippen molar-refractivity contribution in [3.8, 4) is 5.75 Å². The number of aryl methyl sites for hydroxylation is 3. The lowest BCUT2D eigenvalue weighted by Gasteiger charge is -2.26. The number of rotatable bonds is 5. The fourth-order valence-corrected chi connectivity index (χ4v) is 8.08. The molecule has 1 aliphatic heterocycles. The highest BCUT2D eigenvalue weighted by Crippen LogP contribution is 2.57. The minimum atomic E-state index is -0.585. The zero-order valence-electron chi connectivity index (χ0n) is 20.6. The van der Waals surface area contributed by atoms with E-state index >= 15 is 0 Å². The van der Waals surface area contributed by atoms with Crippen molar-refractivity contribution in [2.45, 2.75) is 62.9 Å². The van der Waals surface area contributed by atoms with Gasteiger partial charge in [-0.1, -0.05) is 36.4 Å². The molecule has 3 aromatic rings. The molecule has 0 spiro atoms. The van der Waals surface area contributed by atoms with Gasteiger partial charge in [0.1, 0.15) is 11.4 Å². The highest BCUT2D eigenvalue weighted by molar-refractivity contribution is 8.20. The van der Waals surface area contributed by atoms with Crippen LogP contribution < -0.4 is 4.74 Å². The third-order valence-electron chi connectivity index (χ3n) is 7.10. The molecule has 0 saturated heterocycles.